The molecule has 8 nitrogen and oxygen atoms in total. The third-order valence-electron chi connectivity index (χ3n) is 6.15. The van der Waals surface area contributed by atoms with Crippen LogP contribution in [-0.4, -0.2) is 55.0 Å². The van der Waals surface area contributed by atoms with Gasteiger partial charge in [0.05, 0.1) is 23.6 Å². The van der Waals surface area contributed by atoms with E-state index in [0.717, 1.165) is 52.2 Å². The zero-order valence-electron chi connectivity index (χ0n) is 18.8. The number of hydrogen-bond donors (Lipinski definition) is 1. The van der Waals surface area contributed by atoms with Gasteiger partial charge < -0.3 is 10.2 Å². The molecule has 0 bridgehead atoms. The molecule has 1 N–H and O–H groups in total. The van der Waals surface area contributed by atoms with Crippen molar-refractivity contribution in [1.82, 2.24) is 34.7 Å². The lowest BCUT2D eigenvalue weighted by atomic mass is 10.1. The Labute approximate surface area is 199 Å². The van der Waals surface area contributed by atoms with Gasteiger partial charge in [-0.15, -0.1) is 10.2 Å². The highest BCUT2D eigenvalue weighted by Crippen LogP contribution is 2.32. The van der Waals surface area contributed by atoms with Gasteiger partial charge >= 0.3 is 0 Å². The fourth-order valence-corrected chi connectivity index (χ4v) is 5.23. The van der Waals surface area contributed by atoms with E-state index in [-0.39, 0.29) is 5.65 Å². The predicted octanol–water partition coefficient (Wildman–Crippen LogP) is 3.77. The molecular formula is C24H23FN8S. The summed E-state index contributed by atoms with van der Waals surface area (Å²) in [6.07, 6.45) is 7.37. The number of hydrogen-bond acceptors (Lipinski definition) is 7. The van der Waals surface area contributed by atoms with E-state index in [2.05, 4.69) is 49.6 Å². The zero-order chi connectivity index (χ0) is 23.2. The van der Waals surface area contributed by atoms with Crippen molar-refractivity contribution < 1.29 is 4.39 Å². The first kappa shape index (κ1) is 21.1. The summed E-state index contributed by atoms with van der Waals surface area (Å²) >= 11 is 1.45. The highest BCUT2D eigenvalue weighted by atomic mass is 32.2. The van der Waals surface area contributed by atoms with E-state index in [9.17, 15) is 4.39 Å². The number of fused-ring (bicyclic) bond motifs is 2. The van der Waals surface area contributed by atoms with Gasteiger partial charge in [0.25, 0.3) is 0 Å². The van der Waals surface area contributed by atoms with Gasteiger partial charge in [-0.05, 0) is 49.0 Å². The van der Waals surface area contributed by atoms with Gasteiger partial charge in [0.1, 0.15) is 0 Å². The van der Waals surface area contributed by atoms with Crippen molar-refractivity contribution in [2.45, 2.75) is 23.0 Å². The highest BCUT2D eigenvalue weighted by molar-refractivity contribution is 7.99. The van der Waals surface area contributed by atoms with E-state index in [1.165, 1.54) is 17.8 Å². The summed E-state index contributed by atoms with van der Waals surface area (Å²) in [5.41, 5.74) is 3.82. The largest absolute Gasteiger partial charge is 0.365 e. The minimum Gasteiger partial charge on any atom is -0.365 e. The van der Waals surface area contributed by atoms with Crippen molar-refractivity contribution in [3.63, 3.8) is 0 Å². The summed E-state index contributed by atoms with van der Waals surface area (Å²) in [7, 11) is 1.83. The summed E-state index contributed by atoms with van der Waals surface area (Å²) in [4.78, 5) is 8.05. The molecule has 1 saturated heterocycles. The maximum atomic E-state index is 14.8. The van der Waals surface area contributed by atoms with E-state index in [0.29, 0.717) is 11.2 Å². The molecule has 4 aromatic heterocycles. The lowest BCUT2D eigenvalue weighted by Crippen LogP contribution is -2.49. The van der Waals surface area contributed by atoms with E-state index in [1.54, 1.807) is 15.3 Å². The monoisotopic (exact) mass is 474 g/mol. The summed E-state index contributed by atoms with van der Waals surface area (Å²) in [5, 5.41) is 17.6. The Bertz CT molecular complexity index is 1510. The van der Waals surface area contributed by atoms with Crippen molar-refractivity contribution >= 4 is 34.0 Å². The lowest BCUT2D eigenvalue weighted by Gasteiger charge is -2.35. The van der Waals surface area contributed by atoms with Crippen LogP contribution in [-0.2, 0) is 7.05 Å². The maximum Gasteiger partial charge on any atom is 0.200 e. The minimum atomic E-state index is -0.418. The number of halogens is 1. The molecule has 5 heterocycles. The number of nitrogens with zero attached hydrogens (tertiary/aromatic N) is 7. The van der Waals surface area contributed by atoms with Crippen LogP contribution in [0.25, 0.3) is 27.7 Å². The second kappa shape index (κ2) is 8.37. The molecule has 1 aliphatic heterocycles. The average molecular weight is 475 g/mol. The Morgan fingerprint density at radius 1 is 1.09 bits per heavy atom. The number of pyridine rings is 2. The fourth-order valence-electron chi connectivity index (χ4n) is 4.38. The Morgan fingerprint density at radius 3 is 2.82 bits per heavy atom. The molecule has 172 valence electrons. The van der Waals surface area contributed by atoms with Crippen LogP contribution in [0, 0.1) is 5.82 Å². The second-order valence-corrected chi connectivity index (χ2v) is 9.59. The summed E-state index contributed by atoms with van der Waals surface area (Å²) < 4.78 is 18.2. The first-order chi connectivity index (χ1) is 16.5. The normalized spacial score (nSPS) is 16.6. The second-order valence-electron chi connectivity index (χ2n) is 8.55. The molecule has 6 rings (SSSR count). The third-order valence-corrected chi connectivity index (χ3v) is 7.10. The quantitative estimate of drug-likeness (QED) is 0.425. The van der Waals surface area contributed by atoms with Crippen molar-refractivity contribution in [3.05, 3.63) is 60.9 Å². The Hall–Kier alpha value is -3.50. The summed E-state index contributed by atoms with van der Waals surface area (Å²) in [6, 6.07) is 10.2. The number of nitrogens with one attached hydrogen (secondary N) is 1. The molecule has 0 aliphatic carbocycles. The van der Waals surface area contributed by atoms with Gasteiger partial charge in [0.15, 0.2) is 11.5 Å². The first-order valence-corrected chi connectivity index (χ1v) is 11.9. The van der Waals surface area contributed by atoms with E-state index < -0.39 is 5.82 Å². The van der Waals surface area contributed by atoms with Crippen LogP contribution in [0.5, 0.6) is 0 Å². The number of rotatable bonds is 4. The molecular weight excluding hydrogens is 451 g/mol. The third kappa shape index (κ3) is 3.78. The van der Waals surface area contributed by atoms with Crippen LogP contribution < -0.4 is 10.2 Å². The molecule has 1 aromatic carbocycles. The predicted molar refractivity (Wildman–Crippen MR) is 131 cm³/mol. The number of aryl methyl sites for hydroxylation is 1. The Balaban J connectivity index is 1.35. The number of benzene rings is 1. The number of aromatic nitrogens is 6. The average Bonchev–Trinajstić information content (AvgIpc) is 3.45. The van der Waals surface area contributed by atoms with Gasteiger partial charge in [0, 0.05) is 66.5 Å². The summed E-state index contributed by atoms with van der Waals surface area (Å²) in [6.45, 7) is 5.11. The van der Waals surface area contributed by atoms with E-state index in [4.69, 9.17) is 0 Å². The van der Waals surface area contributed by atoms with Gasteiger partial charge in [-0.1, -0.05) is 0 Å². The molecule has 1 atom stereocenters. The Morgan fingerprint density at radius 2 is 2.00 bits per heavy atom. The molecule has 0 saturated carbocycles. The molecule has 1 fully saturated rings. The van der Waals surface area contributed by atoms with Crippen LogP contribution >= 0.6 is 11.8 Å². The van der Waals surface area contributed by atoms with Crippen LogP contribution in [0.4, 0.5) is 10.1 Å². The van der Waals surface area contributed by atoms with Crippen molar-refractivity contribution in [2.75, 3.05) is 24.5 Å². The van der Waals surface area contributed by atoms with Gasteiger partial charge in [0.2, 0.25) is 5.16 Å². The molecule has 0 amide bonds. The van der Waals surface area contributed by atoms with Crippen molar-refractivity contribution in [1.29, 1.82) is 0 Å². The topological polar surface area (TPSA) is 76.2 Å². The van der Waals surface area contributed by atoms with Crippen LogP contribution in [0.2, 0.25) is 0 Å². The molecule has 10 heteroatoms. The number of piperazine rings is 1. The molecule has 1 aliphatic rings. The van der Waals surface area contributed by atoms with Crippen LogP contribution in [0.3, 0.4) is 0 Å². The molecule has 34 heavy (non-hydrogen) atoms. The fraction of sp³-hybridized carbons (Fsp3) is 0.250. The van der Waals surface area contributed by atoms with Crippen LogP contribution in [0.1, 0.15) is 6.92 Å². The van der Waals surface area contributed by atoms with E-state index in [1.807, 2.05) is 37.8 Å². The first-order valence-electron chi connectivity index (χ1n) is 11.1. The van der Waals surface area contributed by atoms with Crippen molar-refractivity contribution in [2.24, 2.45) is 7.05 Å². The molecule has 0 unspecified atom stereocenters. The number of anilines is 1. The highest BCUT2D eigenvalue weighted by Gasteiger charge is 2.19. The smallest absolute Gasteiger partial charge is 0.200 e. The van der Waals surface area contributed by atoms with Crippen molar-refractivity contribution in [3.8, 4) is 11.1 Å². The van der Waals surface area contributed by atoms with Gasteiger partial charge in [-0.25, -0.2) is 4.39 Å². The molecule has 5 aromatic rings. The molecule has 0 radical (unpaired) electrons. The lowest BCUT2D eigenvalue weighted by molar-refractivity contribution is 0.500. The maximum absolute atomic E-state index is 14.8. The summed E-state index contributed by atoms with van der Waals surface area (Å²) in [5.74, 6) is -0.418. The van der Waals surface area contributed by atoms with Crippen LogP contribution in [0.15, 0.2) is 65.2 Å². The van der Waals surface area contributed by atoms with Gasteiger partial charge in [-0.2, -0.15) is 5.10 Å². The molecule has 0 spiro atoms. The van der Waals surface area contributed by atoms with E-state index >= 15 is 0 Å². The standard InChI is InChI=1S/C24H23FN8S/c1-15-10-26-5-6-32(15)19-7-16-8-20(3-4-22(16)27-12-19)34-24-30-29-23-21(25)9-17(14-33(23)24)18-11-28-31(2)13-18/h3-4,7-9,11-15,26H,5-6,10H2,1-2H3/t15-/m0/s1. The zero-order valence-corrected chi connectivity index (χ0v) is 19.6. The Kier molecular flexibility index (Phi) is 5.19. The SMILES string of the molecule is C[C@H]1CNCCN1c1cnc2ccc(Sc3nnc4c(F)cc(-c5cnn(C)c5)cn34)cc2c1. The van der Waals surface area contributed by atoms with Gasteiger partial charge in [-0.3, -0.25) is 14.1 Å². The minimum absolute atomic E-state index is 0.201.